The standard InChI is InChI=1S/C11H12BrNO3/c1-15-5-4-13-9-6-8(12)2-3-10(9)16-7-11(13)14/h2-3,6H,4-5,7H2,1H3. The van der Waals surface area contributed by atoms with E-state index in [1.165, 1.54) is 0 Å². The van der Waals surface area contributed by atoms with Gasteiger partial charge in [0.15, 0.2) is 6.61 Å². The molecule has 0 saturated carbocycles. The smallest absolute Gasteiger partial charge is 0.265 e. The highest BCUT2D eigenvalue weighted by molar-refractivity contribution is 9.10. The zero-order chi connectivity index (χ0) is 11.5. The average molecular weight is 286 g/mol. The van der Waals surface area contributed by atoms with E-state index in [9.17, 15) is 4.79 Å². The number of nitrogens with zero attached hydrogens (tertiary/aromatic N) is 1. The summed E-state index contributed by atoms with van der Waals surface area (Å²) in [6.45, 7) is 1.15. The van der Waals surface area contributed by atoms with Crippen molar-refractivity contribution in [3.63, 3.8) is 0 Å². The summed E-state index contributed by atoms with van der Waals surface area (Å²) in [5.41, 5.74) is 0.794. The van der Waals surface area contributed by atoms with E-state index in [1.54, 1.807) is 12.0 Å². The molecular formula is C11H12BrNO3. The molecule has 0 atom stereocenters. The largest absolute Gasteiger partial charge is 0.482 e. The topological polar surface area (TPSA) is 38.8 Å². The number of methoxy groups -OCH3 is 1. The van der Waals surface area contributed by atoms with Gasteiger partial charge in [-0.2, -0.15) is 0 Å². The van der Waals surface area contributed by atoms with Crippen molar-refractivity contribution >= 4 is 27.5 Å². The van der Waals surface area contributed by atoms with Crippen LogP contribution in [0, 0.1) is 0 Å². The second kappa shape index (κ2) is 4.84. The molecule has 1 amide bonds. The first-order valence-corrected chi connectivity index (χ1v) is 5.73. The highest BCUT2D eigenvalue weighted by atomic mass is 79.9. The van der Waals surface area contributed by atoms with Crippen molar-refractivity contribution in [2.75, 3.05) is 31.8 Å². The number of carbonyl (C=O) groups excluding carboxylic acids is 1. The molecule has 0 fully saturated rings. The van der Waals surface area contributed by atoms with E-state index >= 15 is 0 Å². The molecule has 0 aliphatic carbocycles. The molecule has 1 heterocycles. The molecule has 0 N–H and O–H groups in total. The highest BCUT2D eigenvalue weighted by Gasteiger charge is 2.25. The van der Waals surface area contributed by atoms with Crippen LogP contribution in [0.5, 0.6) is 5.75 Å². The molecule has 86 valence electrons. The first-order chi connectivity index (χ1) is 7.72. The van der Waals surface area contributed by atoms with Gasteiger partial charge in [0, 0.05) is 18.1 Å². The molecule has 0 aromatic heterocycles. The Hall–Kier alpha value is -1.07. The minimum Gasteiger partial charge on any atom is -0.482 e. The van der Waals surface area contributed by atoms with E-state index in [0.29, 0.717) is 13.2 Å². The average Bonchev–Trinajstić information content (AvgIpc) is 2.28. The number of halogens is 1. The van der Waals surface area contributed by atoms with Crippen molar-refractivity contribution in [2.45, 2.75) is 0 Å². The van der Waals surface area contributed by atoms with E-state index in [1.807, 2.05) is 18.2 Å². The molecule has 0 saturated heterocycles. The third-order valence-corrected chi connectivity index (χ3v) is 2.88. The second-order valence-corrected chi connectivity index (χ2v) is 4.35. The first-order valence-electron chi connectivity index (χ1n) is 4.94. The third-order valence-electron chi connectivity index (χ3n) is 2.38. The van der Waals surface area contributed by atoms with Crippen LogP contribution in [-0.4, -0.2) is 32.8 Å². The zero-order valence-electron chi connectivity index (χ0n) is 8.90. The lowest BCUT2D eigenvalue weighted by molar-refractivity contribution is -0.121. The van der Waals surface area contributed by atoms with Gasteiger partial charge in [-0.05, 0) is 18.2 Å². The molecule has 0 unspecified atom stereocenters. The van der Waals surface area contributed by atoms with Crippen LogP contribution >= 0.6 is 15.9 Å². The number of ether oxygens (including phenoxy) is 2. The normalized spacial score (nSPS) is 14.6. The van der Waals surface area contributed by atoms with Crippen LogP contribution in [0.2, 0.25) is 0 Å². The number of fused-ring (bicyclic) bond motifs is 1. The zero-order valence-corrected chi connectivity index (χ0v) is 10.5. The van der Waals surface area contributed by atoms with Gasteiger partial charge in [0.25, 0.3) is 5.91 Å². The van der Waals surface area contributed by atoms with E-state index < -0.39 is 0 Å². The lowest BCUT2D eigenvalue weighted by atomic mass is 10.2. The van der Waals surface area contributed by atoms with Gasteiger partial charge in [0.05, 0.1) is 12.3 Å². The Morgan fingerprint density at radius 3 is 3.12 bits per heavy atom. The summed E-state index contributed by atoms with van der Waals surface area (Å²) in [5.74, 6) is 0.696. The Kier molecular flexibility index (Phi) is 3.46. The van der Waals surface area contributed by atoms with Gasteiger partial charge in [0.1, 0.15) is 5.75 Å². The number of anilines is 1. The molecule has 1 aromatic carbocycles. The summed E-state index contributed by atoms with van der Waals surface area (Å²) in [6, 6.07) is 5.62. The first kappa shape index (κ1) is 11.4. The fourth-order valence-corrected chi connectivity index (χ4v) is 1.95. The molecule has 1 aromatic rings. The van der Waals surface area contributed by atoms with Crippen molar-refractivity contribution in [2.24, 2.45) is 0 Å². The maximum atomic E-state index is 11.7. The predicted octanol–water partition coefficient (Wildman–Crippen LogP) is 1.82. The van der Waals surface area contributed by atoms with Gasteiger partial charge in [-0.15, -0.1) is 0 Å². The monoisotopic (exact) mass is 285 g/mol. The van der Waals surface area contributed by atoms with Crippen LogP contribution in [0.1, 0.15) is 0 Å². The molecule has 1 aliphatic heterocycles. The van der Waals surface area contributed by atoms with Gasteiger partial charge in [-0.3, -0.25) is 4.79 Å². The van der Waals surface area contributed by atoms with Crippen molar-refractivity contribution in [1.29, 1.82) is 0 Å². The molecule has 0 radical (unpaired) electrons. The van der Waals surface area contributed by atoms with Gasteiger partial charge >= 0.3 is 0 Å². The van der Waals surface area contributed by atoms with Gasteiger partial charge < -0.3 is 14.4 Å². The number of rotatable bonds is 3. The lowest BCUT2D eigenvalue weighted by Gasteiger charge is -2.29. The maximum Gasteiger partial charge on any atom is 0.265 e. The van der Waals surface area contributed by atoms with Crippen molar-refractivity contribution in [3.05, 3.63) is 22.7 Å². The molecule has 2 rings (SSSR count). The quantitative estimate of drug-likeness (QED) is 0.850. The fourth-order valence-electron chi connectivity index (χ4n) is 1.60. The maximum absolute atomic E-state index is 11.7. The van der Waals surface area contributed by atoms with Crippen LogP contribution in [0.3, 0.4) is 0 Å². The summed E-state index contributed by atoms with van der Waals surface area (Å²) < 4.78 is 11.3. The number of hydrogen-bond donors (Lipinski definition) is 0. The van der Waals surface area contributed by atoms with Crippen molar-refractivity contribution in [1.82, 2.24) is 0 Å². The minimum atomic E-state index is -0.0392. The Labute approximate surface area is 102 Å². The Balaban J connectivity index is 2.31. The Bertz CT molecular complexity index is 408. The van der Waals surface area contributed by atoms with E-state index in [2.05, 4.69) is 15.9 Å². The second-order valence-electron chi connectivity index (χ2n) is 3.44. The predicted molar refractivity (Wildman–Crippen MR) is 63.9 cm³/mol. The summed E-state index contributed by atoms with van der Waals surface area (Å²) in [6.07, 6.45) is 0. The number of carbonyl (C=O) groups is 1. The molecule has 0 spiro atoms. The molecule has 1 aliphatic rings. The molecular weight excluding hydrogens is 274 g/mol. The highest BCUT2D eigenvalue weighted by Crippen LogP contribution is 2.34. The summed E-state index contributed by atoms with van der Waals surface area (Å²) in [5, 5.41) is 0. The lowest BCUT2D eigenvalue weighted by Crippen LogP contribution is -2.40. The summed E-state index contributed by atoms with van der Waals surface area (Å²) in [4.78, 5) is 13.4. The summed E-state index contributed by atoms with van der Waals surface area (Å²) in [7, 11) is 1.62. The third kappa shape index (κ3) is 2.20. The molecule has 5 heteroatoms. The van der Waals surface area contributed by atoms with E-state index in [-0.39, 0.29) is 12.5 Å². The molecule has 0 bridgehead atoms. The van der Waals surface area contributed by atoms with Crippen LogP contribution in [0.4, 0.5) is 5.69 Å². The van der Waals surface area contributed by atoms with Gasteiger partial charge in [0.2, 0.25) is 0 Å². The Morgan fingerprint density at radius 1 is 1.56 bits per heavy atom. The van der Waals surface area contributed by atoms with Gasteiger partial charge in [-0.25, -0.2) is 0 Å². The Morgan fingerprint density at radius 2 is 2.38 bits per heavy atom. The van der Waals surface area contributed by atoms with Crippen LogP contribution in [0.25, 0.3) is 0 Å². The van der Waals surface area contributed by atoms with E-state index in [4.69, 9.17) is 9.47 Å². The van der Waals surface area contributed by atoms with Gasteiger partial charge in [-0.1, -0.05) is 15.9 Å². The molecule has 4 nitrogen and oxygen atoms in total. The van der Waals surface area contributed by atoms with Crippen LogP contribution in [0.15, 0.2) is 22.7 Å². The minimum absolute atomic E-state index is 0.0392. The molecule has 16 heavy (non-hydrogen) atoms. The van der Waals surface area contributed by atoms with Crippen LogP contribution < -0.4 is 9.64 Å². The summed E-state index contributed by atoms with van der Waals surface area (Å²) >= 11 is 3.38. The van der Waals surface area contributed by atoms with Crippen LogP contribution in [-0.2, 0) is 9.53 Å². The number of benzene rings is 1. The SMILES string of the molecule is COCCN1C(=O)COc2ccc(Br)cc21. The number of amides is 1. The number of hydrogen-bond acceptors (Lipinski definition) is 3. The van der Waals surface area contributed by atoms with Crippen molar-refractivity contribution < 1.29 is 14.3 Å². The van der Waals surface area contributed by atoms with Crippen molar-refractivity contribution in [3.8, 4) is 5.75 Å². The fraction of sp³-hybridized carbons (Fsp3) is 0.364. The van der Waals surface area contributed by atoms with E-state index in [0.717, 1.165) is 15.9 Å².